The lowest BCUT2D eigenvalue weighted by Crippen LogP contribution is -2.41. The van der Waals surface area contributed by atoms with Gasteiger partial charge in [-0.25, -0.2) is 0 Å². The highest BCUT2D eigenvalue weighted by molar-refractivity contribution is 5.80. The van der Waals surface area contributed by atoms with E-state index in [4.69, 9.17) is 14.7 Å². The molecule has 0 bridgehead atoms. The van der Waals surface area contributed by atoms with Gasteiger partial charge < -0.3 is 14.8 Å². The Morgan fingerprint density at radius 3 is 2.94 bits per heavy atom. The summed E-state index contributed by atoms with van der Waals surface area (Å²) in [6, 6.07) is 1.88. The summed E-state index contributed by atoms with van der Waals surface area (Å²) >= 11 is 0. The molecular weight excluding hydrogens is 232 g/mol. The second-order valence-corrected chi connectivity index (χ2v) is 4.74. The van der Waals surface area contributed by atoms with Crippen LogP contribution in [0.15, 0.2) is 0 Å². The van der Waals surface area contributed by atoms with Crippen LogP contribution in [0, 0.1) is 11.3 Å². The fourth-order valence-electron chi connectivity index (χ4n) is 1.81. The van der Waals surface area contributed by atoms with E-state index < -0.39 is 6.10 Å². The molecule has 1 rings (SSSR count). The molecule has 0 spiro atoms. The van der Waals surface area contributed by atoms with Crippen LogP contribution >= 0.6 is 0 Å². The van der Waals surface area contributed by atoms with Crippen LogP contribution in [0.4, 0.5) is 0 Å². The number of amides is 1. The summed E-state index contributed by atoms with van der Waals surface area (Å²) in [5, 5.41) is 11.3. The molecule has 18 heavy (non-hydrogen) atoms. The molecule has 5 heteroatoms. The molecule has 0 saturated carbocycles. The number of hydrogen-bond donors (Lipinski definition) is 1. The summed E-state index contributed by atoms with van der Waals surface area (Å²) in [6.45, 7) is 4.77. The largest absolute Gasteiger partial charge is 0.376 e. The second-order valence-electron chi connectivity index (χ2n) is 4.74. The van der Waals surface area contributed by atoms with Crippen LogP contribution in [-0.4, -0.2) is 37.4 Å². The van der Waals surface area contributed by atoms with Crippen molar-refractivity contribution in [3.8, 4) is 6.07 Å². The lowest BCUT2D eigenvalue weighted by molar-refractivity contribution is -0.136. The number of carbonyl (C=O) groups excluding carboxylic acids is 1. The fourth-order valence-corrected chi connectivity index (χ4v) is 1.81. The number of nitrogens with zero attached hydrogens (tertiary/aromatic N) is 1. The zero-order valence-corrected chi connectivity index (χ0v) is 11.1. The fraction of sp³-hybridized carbons (Fsp3) is 0.846. The minimum atomic E-state index is -0.503. The second kappa shape index (κ2) is 8.06. The molecule has 1 fully saturated rings. The summed E-state index contributed by atoms with van der Waals surface area (Å²) in [7, 11) is 0. The average molecular weight is 254 g/mol. The number of nitriles is 1. The third-order valence-electron chi connectivity index (χ3n) is 2.96. The minimum absolute atomic E-state index is 0.116. The summed E-state index contributed by atoms with van der Waals surface area (Å²) in [5.41, 5.74) is 0. The minimum Gasteiger partial charge on any atom is -0.376 e. The first-order chi connectivity index (χ1) is 8.63. The van der Waals surface area contributed by atoms with Gasteiger partial charge in [0.15, 0.2) is 0 Å². The van der Waals surface area contributed by atoms with E-state index in [-0.39, 0.29) is 18.1 Å². The first kappa shape index (κ1) is 14.9. The molecule has 0 aromatic heterocycles. The number of ether oxygens (including phenoxy) is 2. The number of hydrogen-bond acceptors (Lipinski definition) is 4. The zero-order chi connectivity index (χ0) is 13.4. The summed E-state index contributed by atoms with van der Waals surface area (Å²) in [6.07, 6.45) is 3.19. The van der Waals surface area contributed by atoms with Gasteiger partial charge in [0, 0.05) is 12.6 Å². The van der Waals surface area contributed by atoms with Crippen LogP contribution in [0.3, 0.4) is 0 Å². The standard InChI is InChI=1S/C13H22N2O3/c1-10(6-7-14)15-13(16)11(2)18-9-12-5-3-4-8-17-12/h10-12H,3-6,8-9H2,1-2H3,(H,15,16)/t10-,11-,12-/m1/s1. The van der Waals surface area contributed by atoms with E-state index in [2.05, 4.69) is 5.32 Å². The molecule has 0 radical (unpaired) electrons. The van der Waals surface area contributed by atoms with E-state index in [0.29, 0.717) is 13.0 Å². The average Bonchev–Trinajstić information content (AvgIpc) is 2.37. The molecule has 1 saturated heterocycles. The summed E-state index contributed by atoms with van der Waals surface area (Å²) in [4.78, 5) is 11.7. The topological polar surface area (TPSA) is 71.4 Å². The van der Waals surface area contributed by atoms with Gasteiger partial charge in [-0.15, -0.1) is 0 Å². The zero-order valence-electron chi connectivity index (χ0n) is 11.1. The van der Waals surface area contributed by atoms with Crippen LogP contribution in [0.5, 0.6) is 0 Å². The maximum Gasteiger partial charge on any atom is 0.249 e. The van der Waals surface area contributed by atoms with Gasteiger partial charge in [0.25, 0.3) is 0 Å². The molecule has 1 N–H and O–H groups in total. The first-order valence-electron chi connectivity index (χ1n) is 6.54. The van der Waals surface area contributed by atoms with Gasteiger partial charge in [-0.1, -0.05) is 0 Å². The molecule has 0 unspecified atom stereocenters. The van der Waals surface area contributed by atoms with E-state index in [1.807, 2.05) is 6.07 Å². The molecule has 1 aliphatic heterocycles. The van der Waals surface area contributed by atoms with E-state index in [1.165, 1.54) is 0 Å². The molecule has 1 aliphatic rings. The molecule has 102 valence electrons. The van der Waals surface area contributed by atoms with Crippen LogP contribution < -0.4 is 5.32 Å². The first-order valence-corrected chi connectivity index (χ1v) is 6.54. The Kier molecular flexibility index (Phi) is 6.69. The number of carbonyl (C=O) groups is 1. The van der Waals surface area contributed by atoms with Crippen molar-refractivity contribution in [3.05, 3.63) is 0 Å². The number of nitrogens with one attached hydrogen (secondary N) is 1. The highest BCUT2D eigenvalue weighted by Crippen LogP contribution is 2.13. The van der Waals surface area contributed by atoms with Gasteiger partial charge in [-0.3, -0.25) is 4.79 Å². The van der Waals surface area contributed by atoms with Crippen LogP contribution in [0.25, 0.3) is 0 Å². The lowest BCUT2D eigenvalue weighted by atomic mass is 10.1. The van der Waals surface area contributed by atoms with Gasteiger partial charge in [0.1, 0.15) is 6.10 Å². The Morgan fingerprint density at radius 1 is 1.56 bits per heavy atom. The van der Waals surface area contributed by atoms with Crippen molar-refractivity contribution in [2.75, 3.05) is 13.2 Å². The van der Waals surface area contributed by atoms with E-state index in [0.717, 1.165) is 25.9 Å². The molecule has 3 atom stereocenters. The molecule has 1 amide bonds. The van der Waals surface area contributed by atoms with Crippen LogP contribution in [0.2, 0.25) is 0 Å². The molecular formula is C13H22N2O3. The lowest BCUT2D eigenvalue weighted by Gasteiger charge is -2.24. The Bertz CT molecular complexity index is 295. The van der Waals surface area contributed by atoms with E-state index in [9.17, 15) is 4.79 Å². The highest BCUT2D eigenvalue weighted by atomic mass is 16.5. The van der Waals surface area contributed by atoms with Crippen LogP contribution in [-0.2, 0) is 14.3 Å². The van der Waals surface area contributed by atoms with Crippen molar-refractivity contribution in [2.45, 2.75) is 57.8 Å². The molecule has 0 aromatic carbocycles. The Hall–Kier alpha value is -1.12. The quantitative estimate of drug-likeness (QED) is 0.777. The number of rotatable bonds is 6. The third-order valence-corrected chi connectivity index (χ3v) is 2.96. The van der Waals surface area contributed by atoms with Gasteiger partial charge in [-0.05, 0) is 33.1 Å². The van der Waals surface area contributed by atoms with Crippen molar-refractivity contribution < 1.29 is 14.3 Å². The van der Waals surface area contributed by atoms with Crippen molar-refractivity contribution in [3.63, 3.8) is 0 Å². The Balaban J connectivity index is 2.20. The molecule has 0 aromatic rings. The summed E-state index contributed by atoms with van der Waals surface area (Å²) < 4.78 is 11.0. The van der Waals surface area contributed by atoms with Crippen LogP contribution in [0.1, 0.15) is 39.5 Å². The molecule has 0 aliphatic carbocycles. The summed E-state index contributed by atoms with van der Waals surface area (Å²) in [5.74, 6) is -0.173. The van der Waals surface area contributed by atoms with Gasteiger partial charge in [0.05, 0.1) is 25.2 Å². The Morgan fingerprint density at radius 2 is 2.33 bits per heavy atom. The Labute approximate surface area is 108 Å². The molecule has 1 heterocycles. The van der Waals surface area contributed by atoms with Gasteiger partial charge >= 0.3 is 0 Å². The van der Waals surface area contributed by atoms with E-state index >= 15 is 0 Å². The maximum absolute atomic E-state index is 11.7. The monoisotopic (exact) mass is 254 g/mol. The normalized spacial score (nSPS) is 22.8. The molecule has 5 nitrogen and oxygen atoms in total. The predicted molar refractivity (Wildman–Crippen MR) is 66.8 cm³/mol. The third kappa shape index (κ3) is 5.48. The highest BCUT2D eigenvalue weighted by Gasteiger charge is 2.19. The van der Waals surface area contributed by atoms with Gasteiger partial charge in [-0.2, -0.15) is 5.26 Å². The van der Waals surface area contributed by atoms with Gasteiger partial charge in [0.2, 0.25) is 5.91 Å². The smallest absolute Gasteiger partial charge is 0.249 e. The van der Waals surface area contributed by atoms with Crippen molar-refractivity contribution in [2.24, 2.45) is 0 Å². The SMILES string of the molecule is C[C@H](CC#N)NC(=O)[C@@H](C)OC[C@H]1CCCCO1. The van der Waals surface area contributed by atoms with Crippen molar-refractivity contribution >= 4 is 5.91 Å². The predicted octanol–water partition coefficient (Wildman–Crippen LogP) is 1.38. The van der Waals surface area contributed by atoms with Crippen molar-refractivity contribution in [1.82, 2.24) is 5.32 Å². The van der Waals surface area contributed by atoms with Crippen molar-refractivity contribution in [1.29, 1.82) is 5.26 Å². The van der Waals surface area contributed by atoms with E-state index in [1.54, 1.807) is 13.8 Å². The maximum atomic E-state index is 11.7.